The van der Waals surface area contributed by atoms with Gasteiger partial charge in [0.1, 0.15) is 21.8 Å². The van der Waals surface area contributed by atoms with Gasteiger partial charge in [-0.05, 0) is 50.7 Å². The molecule has 0 aliphatic carbocycles. The van der Waals surface area contributed by atoms with Crippen LogP contribution in [-0.4, -0.2) is 39.3 Å². The molecule has 1 amide bonds. The summed E-state index contributed by atoms with van der Waals surface area (Å²) in [6, 6.07) is 2.12. The molecule has 1 unspecified atom stereocenters. The summed E-state index contributed by atoms with van der Waals surface area (Å²) in [6.07, 6.45) is 10.8. The van der Waals surface area contributed by atoms with E-state index >= 15 is 0 Å². The average Bonchev–Trinajstić information content (AvgIpc) is 3.03. The molecule has 190 valence electrons. The highest BCUT2D eigenvalue weighted by atomic mass is 32.2. The molecule has 0 saturated carbocycles. The lowest BCUT2D eigenvalue weighted by atomic mass is 9.99. The number of pyridine rings is 1. The van der Waals surface area contributed by atoms with Crippen LogP contribution in [-0.2, 0) is 11.3 Å². The van der Waals surface area contributed by atoms with Crippen LogP contribution in [0.5, 0.6) is 0 Å². The van der Waals surface area contributed by atoms with Gasteiger partial charge in [-0.3, -0.25) is 19.1 Å². The van der Waals surface area contributed by atoms with Gasteiger partial charge in [0.15, 0.2) is 0 Å². The van der Waals surface area contributed by atoms with Gasteiger partial charge >= 0.3 is 0 Å². The number of aromatic nitrogens is 1. The van der Waals surface area contributed by atoms with Crippen LogP contribution in [0.2, 0.25) is 0 Å². The number of carbonyl (C=O) groups is 1. The molecule has 0 N–H and O–H groups in total. The summed E-state index contributed by atoms with van der Waals surface area (Å²) in [5.74, 6) is 1.19. The van der Waals surface area contributed by atoms with Crippen molar-refractivity contribution in [3.63, 3.8) is 0 Å². The topological polar surface area (TPSA) is 69.3 Å². The number of thioether (sulfide) groups is 1. The molecule has 3 rings (SSSR count). The number of rotatable bonds is 9. The molecule has 0 radical (unpaired) electrons. The number of nitrogens with zero attached hydrogens (tertiary/aromatic N) is 4. The number of thiocarbonyl (C=S) groups is 1. The van der Waals surface area contributed by atoms with E-state index in [1.54, 1.807) is 9.47 Å². The number of carbonyl (C=O) groups excluding carboxylic acids is 1. The van der Waals surface area contributed by atoms with E-state index in [2.05, 4.69) is 24.8 Å². The number of unbranched alkanes of at least 4 members (excludes halogenated alkanes) is 1. The maximum absolute atomic E-state index is 13.5. The van der Waals surface area contributed by atoms with Crippen molar-refractivity contribution in [2.24, 2.45) is 5.92 Å². The molecule has 1 atom stereocenters. The molecule has 3 heterocycles. The number of amides is 1. The zero-order chi connectivity index (χ0) is 25.5. The van der Waals surface area contributed by atoms with E-state index in [1.807, 2.05) is 19.9 Å². The maximum Gasteiger partial charge on any atom is 0.270 e. The summed E-state index contributed by atoms with van der Waals surface area (Å²) < 4.78 is 2.30. The zero-order valence-corrected chi connectivity index (χ0v) is 23.2. The SMILES string of the molecule is CCCCC(CC)CN1C(=O)C(=Cc2c(C)c(C#N)c(=O)n(CC)c2N2CCCCCC2)SC1=S. The summed E-state index contributed by atoms with van der Waals surface area (Å²) in [5, 5.41) is 9.79. The zero-order valence-electron chi connectivity index (χ0n) is 21.6. The summed E-state index contributed by atoms with van der Waals surface area (Å²) in [6.45, 7) is 11.0. The predicted octanol–water partition coefficient (Wildman–Crippen LogP) is 5.85. The van der Waals surface area contributed by atoms with Gasteiger partial charge in [0.2, 0.25) is 0 Å². The smallest absolute Gasteiger partial charge is 0.270 e. The minimum Gasteiger partial charge on any atom is -0.357 e. The van der Waals surface area contributed by atoms with Gasteiger partial charge in [-0.1, -0.05) is 69.9 Å². The third-order valence-electron chi connectivity index (χ3n) is 7.20. The van der Waals surface area contributed by atoms with E-state index < -0.39 is 0 Å². The standard InChI is InChI=1S/C27H38N4O2S2/c1-5-8-13-20(6-2)18-31-26(33)23(35-27(31)34)16-21-19(4)22(17-28)25(32)30(7-3)24(21)29-14-11-9-10-12-15-29/h16,20H,5-15,18H2,1-4H3. The lowest BCUT2D eigenvalue weighted by Gasteiger charge is -2.29. The van der Waals surface area contributed by atoms with Crippen molar-refractivity contribution in [2.75, 3.05) is 24.5 Å². The molecule has 35 heavy (non-hydrogen) atoms. The largest absolute Gasteiger partial charge is 0.357 e. The van der Waals surface area contributed by atoms with Crippen LogP contribution in [0.15, 0.2) is 9.70 Å². The van der Waals surface area contributed by atoms with Crippen molar-refractivity contribution < 1.29 is 4.79 Å². The normalized spacial score (nSPS) is 18.8. The van der Waals surface area contributed by atoms with Crippen LogP contribution in [0.4, 0.5) is 5.82 Å². The Kier molecular flexibility index (Phi) is 9.99. The number of nitriles is 1. The van der Waals surface area contributed by atoms with Crippen LogP contribution in [0.1, 0.15) is 88.8 Å². The highest BCUT2D eigenvalue weighted by molar-refractivity contribution is 8.26. The Bertz CT molecular complexity index is 1080. The van der Waals surface area contributed by atoms with Gasteiger partial charge in [0, 0.05) is 31.7 Å². The molecule has 1 aromatic heterocycles. The van der Waals surface area contributed by atoms with Gasteiger partial charge in [-0.2, -0.15) is 5.26 Å². The molecule has 0 spiro atoms. The highest BCUT2D eigenvalue weighted by Gasteiger charge is 2.34. The minimum absolute atomic E-state index is 0.0658. The molecule has 2 fully saturated rings. The highest BCUT2D eigenvalue weighted by Crippen LogP contribution is 2.37. The second-order valence-corrected chi connectivity index (χ2v) is 11.2. The van der Waals surface area contributed by atoms with E-state index in [4.69, 9.17) is 12.2 Å². The summed E-state index contributed by atoms with van der Waals surface area (Å²) in [4.78, 5) is 31.3. The second kappa shape index (κ2) is 12.7. The summed E-state index contributed by atoms with van der Waals surface area (Å²) in [5.41, 5.74) is 1.33. The molecule has 0 aromatic carbocycles. The van der Waals surface area contributed by atoms with Gasteiger partial charge < -0.3 is 4.90 Å². The molecule has 0 bridgehead atoms. The fourth-order valence-corrected chi connectivity index (χ4v) is 6.28. The van der Waals surface area contributed by atoms with Crippen molar-refractivity contribution in [3.8, 4) is 6.07 Å². The number of hydrogen-bond donors (Lipinski definition) is 0. The number of hydrogen-bond acceptors (Lipinski definition) is 6. The quantitative estimate of drug-likeness (QED) is 0.304. The van der Waals surface area contributed by atoms with E-state index in [1.165, 1.54) is 24.6 Å². The van der Waals surface area contributed by atoms with Crippen molar-refractivity contribution >= 4 is 46.1 Å². The third-order valence-corrected chi connectivity index (χ3v) is 8.58. The maximum atomic E-state index is 13.5. The Balaban J connectivity index is 2.07. The molecule has 2 aliphatic rings. The average molecular weight is 515 g/mol. The van der Waals surface area contributed by atoms with E-state index in [0.29, 0.717) is 33.8 Å². The Morgan fingerprint density at radius 2 is 1.83 bits per heavy atom. The predicted molar refractivity (Wildman–Crippen MR) is 150 cm³/mol. The fourth-order valence-electron chi connectivity index (χ4n) is 5.02. The first-order valence-electron chi connectivity index (χ1n) is 13.1. The van der Waals surface area contributed by atoms with Crippen LogP contribution in [0, 0.1) is 24.2 Å². The molecule has 8 heteroatoms. The Morgan fingerprint density at radius 1 is 1.14 bits per heavy atom. The lowest BCUT2D eigenvalue weighted by molar-refractivity contribution is -0.122. The number of anilines is 1. The van der Waals surface area contributed by atoms with Crippen LogP contribution < -0.4 is 10.5 Å². The van der Waals surface area contributed by atoms with Crippen LogP contribution in [0.25, 0.3) is 6.08 Å². The summed E-state index contributed by atoms with van der Waals surface area (Å²) >= 11 is 6.96. The molecular weight excluding hydrogens is 476 g/mol. The Hall–Kier alpha value is -2.11. The molecule has 6 nitrogen and oxygen atoms in total. The Morgan fingerprint density at radius 3 is 2.40 bits per heavy atom. The van der Waals surface area contributed by atoms with Crippen molar-refractivity contribution in [1.82, 2.24) is 9.47 Å². The second-order valence-electron chi connectivity index (χ2n) is 9.51. The fraction of sp³-hybridized carbons (Fsp3) is 0.630. The minimum atomic E-state index is -0.252. The van der Waals surface area contributed by atoms with Crippen molar-refractivity contribution in [3.05, 3.63) is 31.9 Å². The Labute approximate surface area is 219 Å². The van der Waals surface area contributed by atoms with Crippen molar-refractivity contribution in [1.29, 1.82) is 5.26 Å². The first-order valence-corrected chi connectivity index (χ1v) is 14.3. The van der Waals surface area contributed by atoms with Crippen molar-refractivity contribution in [2.45, 2.75) is 85.6 Å². The third kappa shape index (κ3) is 6.00. The van der Waals surface area contributed by atoms with Gasteiger partial charge in [-0.15, -0.1) is 0 Å². The molecular formula is C27H38N4O2S2. The van der Waals surface area contributed by atoms with E-state index in [-0.39, 0.29) is 17.0 Å². The molecule has 2 aliphatic heterocycles. The van der Waals surface area contributed by atoms with E-state index in [9.17, 15) is 14.9 Å². The first kappa shape index (κ1) is 27.5. The first-order chi connectivity index (χ1) is 16.9. The monoisotopic (exact) mass is 514 g/mol. The van der Waals surface area contributed by atoms with Gasteiger partial charge in [-0.25, -0.2) is 0 Å². The van der Waals surface area contributed by atoms with Crippen LogP contribution >= 0.6 is 24.0 Å². The molecule has 1 aromatic rings. The van der Waals surface area contributed by atoms with Gasteiger partial charge in [0.05, 0.1) is 4.91 Å². The van der Waals surface area contributed by atoms with Gasteiger partial charge in [0.25, 0.3) is 11.5 Å². The van der Waals surface area contributed by atoms with E-state index in [0.717, 1.165) is 63.0 Å². The lowest BCUT2D eigenvalue weighted by Crippen LogP contribution is -2.35. The van der Waals surface area contributed by atoms with Crippen LogP contribution in [0.3, 0.4) is 0 Å². The summed E-state index contributed by atoms with van der Waals surface area (Å²) in [7, 11) is 0. The molecule has 2 saturated heterocycles.